The summed E-state index contributed by atoms with van der Waals surface area (Å²) in [7, 11) is 0. The Bertz CT molecular complexity index is 1240. The highest BCUT2D eigenvalue weighted by Gasteiger charge is 2.78. The van der Waals surface area contributed by atoms with Crippen LogP contribution in [0.15, 0.2) is 43.5 Å². The second kappa shape index (κ2) is 12.6. The number of likely N-dealkylation sites (tertiary alicyclic amines) is 1. The molecule has 1 N–H and O–H groups in total. The fraction of sp³-hybridized carbons (Fsp3) is 0.618. The van der Waals surface area contributed by atoms with Gasteiger partial charge in [0, 0.05) is 30.1 Å². The molecule has 3 aliphatic rings. The van der Waals surface area contributed by atoms with E-state index in [0.29, 0.717) is 26.1 Å². The van der Waals surface area contributed by atoms with Crippen molar-refractivity contribution in [2.45, 2.75) is 88.8 Å². The second-order valence-corrected chi connectivity index (χ2v) is 14.6. The van der Waals surface area contributed by atoms with Gasteiger partial charge in [0.25, 0.3) is 5.91 Å². The number of carbonyl (C=O) groups is 3. The molecule has 2 unspecified atom stereocenters. The molecule has 0 aliphatic carbocycles. The first-order chi connectivity index (χ1) is 20.0. The number of anilines is 1. The summed E-state index contributed by atoms with van der Waals surface area (Å²) < 4.78 is -1.21. The van der Waals surface area contributed by atoms with Crippen LogP contribution in [0.2, 0.25) is 0 Å². The number of hydrogen-bond acceptors (Lipinski definition) is 5. The number of thioether (sulfide) groups is 1. The van der Waals surface area contributed by atoms with Crippen LogP contribution < -0.4 is 4.90 Å². The van der Waals surface area contributed by atoms with Gasteiger partial charge in [-0.05, 0) is 63.1 Å². The molecule has 2 bridgehead atoms. The van der Waals surface area contributed by atoms with Crippen LogP contribution in [0.4, 0.5) is 5.69 Å². The molecule has 0 radical (unpaired) electrons. The van der Waals surface area contributed by atoms with Gasteiger partial charge in [0.05, 0.1) is 29.2 Å². The molecular formula is C34H49N3O4S. The number of benzene rings is 1. The maximum Gasteiger partial charge on any atom is 0.251 e. The monoisotopic (exact) mass is 595 g/mol. The van der Waals surface area contributed by atoms with E-state index in [2.05, 4.69) is 20.1 Å². The van der Waals surface area contributed by atoms with Crippen LogP contribution in [0.25, 0.3) is 0 Å². The van der Waals surface area contributed by atoms with Gasteiger partial charge in [-0.1, -0.05) is 51.5 Å². The van der Waals surface area contributed by atoms with Crippen molar-refractivity contribution in [1.82, 2.24) is 9.80 Å². The van der Waals surface area contributed by atoms with Crippen molar-refractivity contribution in [3.05, 3.63) is 54.6 Å². The van der Waals surface area contributed by atoms with Crippen molar-refractivity contribution < 1.29 is 19.5 Å². The predicted octanol–water partition coefficient (Wildman–Crippen LogP) is 5.14. The summed E-state index contributed by atoms with van der Waals surface area (Å²) in [5.41, 5.74) is 2.80. The van der Waals surface area contributed by atoms with E-state index in [1.54, 1.807) is 33.7 Å². The number of rotatable bonds is 13. The smallest absolute Gasteiger partial charge is 0.251 e. The first-order valence-electron chi connectivity index (χ1n) is 15.5. The van der Waals surface area contributed by atoms with E-state index in [0.717, 1.165) is 36.1 Å². The van der Waals surface area contributed by atoms with Gasteiger partial charge in [0.15, 0.2) is 0 Å². The van der Waals surface area contributed by atoms with E-state index in [9.17, 15) is 14.7 Å². The molecule has 4 rings (SSSR count). The van der Waals surface area contributed by atoms with Crippen molar-refractivity contribution >= 4 is 35.2 Å². The minimum absolute atomic E-state index is 0.0256. The van der Waals surface area contributed by atoms with Gasteiger partial charge in [0.2, 0.25) is 11.8 Å². The van der Waals surface area contributed by atoms with Crippen LogP contribution in [0.3, 0.4) is 0 Å². The van der Waals surface area contributed by atoms with Crippen LogP contribution in [-0.4, -0.2) is 80.4 Å². The largest absolute Gasteiger partial charge is 0.394 e. The summed E-state index contributed by atoms with van der Waals surface area (Å²) in [6, 6.07) is 4.72. The lowest BCUT2D eigenvalue weighted by Gasteiger charge is -2.41. The van der Waals surface area contributed by atoms with Crippen molar-refractivity contribution in [1.29, 1.82) is 0 Å². The van der Waals surface area contributed by atoms with Gasteiger partial charge >= 0.3 is 0 Å². The lowest BCUT2D eigenvalue weighted by atomic mass is 9.66. The number of hydrogen-bond donors (Lipinski definition) is 1. The summed E-state index contributed by atoms with van der Waals surface area (Å²) >= 11 is 1.68. The van der Waals surface area contributed by atoms with Gasteiger partial charge in [-0.2, -0.15) is 0 Å². The Morgan fingerprint density at radius 1 is 1.17 bits per heavy atom. The molecule has 3 fully saturated rings. The summed E-state index contributed by atoms with van der Waals surface area (Å²) in [4.78, 5) is 49.4. The third kappa shape index (κ3) is 5.12. The fourth-order valence-corrected chi connectivity index (χ4v) is 10.0. The van der Waals surface area contributed by atoms with Gasteiger partial charge in [0.1, 0.15) is 6.04 Å². The van der Waals surface area contributed by atoms with E-state index in [1.807, 2.05) is 57.7 Å². The van der Waals surface area contributed by atoms with Crippen LogP contribution in [0.1, 0.15) is 64.5 Å². The third-order valence-corrected chi connectivity index (χ3v) is 11.9. The summed E-state index contributed by atoms with van der Waals surface area (Å²) in [5.74, 6) is -1.56. The minimum atomic E-state index is -0.801. The molecule has 42 heavy (non-hydrogen) atoms. The summed E-state index contributed by atoms with van der Waals surface area (Å²) in [5, 5.41) is 10.7. The van der Waals surface area contributed by atoms with Gasteiger partial charge in [-0.25, -0.2) is 0 Å². The van der Waals surface area contributed by atoms with Crippen LogP contribution in [0.5, 0.6) is 0 Å². The number of fused-ring (bicyclic) bond motifs is 1. The molecular weight excluding hydrogens is 546 g/mol. The average molecular weight is 596 g/mol. The lowest BCUT2D eigenvalue weighted by molar-refractivity contribution is -0.147. The van der Waals surface area contributed by atoms with Crippen LogP contribution in [0, 0.1) is 31.6 Å². The zero-order valence-electron chi connectivity index (χ0n) is 26.3. The van der Waals surface area contributed by atoms with Gasteiger partial charge in [-0.15, -0.1) is 24.9 Å². The molecule has 8 heteroatoms. The van der Waals surface area contributed by atoms with Crippen molar-refractivity contribution in [2.75, 3.05) is 31.1 Å². The number of nitrogens with zero attached hydrogens (tertiary/aromatic N) is 3. The van der Waals surface area contributed by atoms with Crippen LogP contribution in [-0.2, 0) is 14.4 Å². The standard InChI is InChI=1S/C34H49N3O4S/c1-9-17-35(18-10-2)30(39)27-28-31(40)37(26(21-38)23(6)12-4)29(34(28)16-15-33(27,8)42-34)32(41)36(19-11-3)25-20-22(5)13-14-24(25)7/h9,11,13-14,20,23,26-29,38H,1,3,10,12,15-19,21H2,2,4-8H3/t23-,26-,27+,28-,29?,33-,34?/m0/s1. The fourth-order valence-electron chi connectivity index (χ4n) is 7.70. The zero-order chi connectivity index (χ0) is 31.0. The quantitative estimate of drug-likeness (QED) is 0.320. The van der Waals surface area contributed by atoms with Crippen LogP contribution >= 0.6 is 11.8 Å². The maximum absolute atomic E-state index is 15.0. The number of aryl methyl sites for hydroxylation is 2. The topological polar surface area (TPSA) is 81.2 Å². The van der Waals surface area contributed by atoms with Crippen molar-refractivity contribution in [3.8, 4) is 0 Å². The molecule has 1 spiro atoms. The first kappa shape index (κ1) is 32.3. The van der Waals surface area contributed by atoms with Gasteiger partial charge < -0.3 is 19.8 Å². The molecule has 3 heterocycles. The Morgan fingerprint density at radius 3 is 2.45 bits per heavy atom. The normalized spacial score (nSPS) is 29.3. The zero-order valence-corrected chi connectivity index (χ0v) is 27.1. The SMILES string of the molecule is C=CCN(CCC)C(=O)[C@H]1[C@H]2C(=O)N([C@@H](CO)[C@@H](C)CC)C(C(=O)N(CC=C)c3cc(C)ccc3C)C23CC[C@]1(C)S3. The van der Waals surface area contributed by atoms with E-state index >= 15 is 4.79 Å². The molecule has 7 nitrogen and oxygen atoms in total. The average Bonchev–Trinajstić information content (AvgIpc) is 3.53. The second-order valence-electron chi connectivity index (χ2n) is 12.7. The molecule has 0 saturated carbocycles. The van der Waals surface area contributed by atoms with Crippen molar-refractivity contribution in [2.24, 2.45) is 17.8 Å². The molecule has 1 aromatic rings. The highest BCUT2D eigenvalue weighted by Crippen LogP contribution is 2.72. The first-order valence-corrected chi connectivity index (χ1v) is 16.3. The maximum atomic E-state index is 15.0. The number of aliphatic hydroxyl groups is 1. The van der Waals surface area contributed by atoms with Crippen molar-refractivity contribution in [3.63, 3.8) is 0 Å². The number of carbonyl (C=O) groups excluding carboxylic acids is 3. The lowest BCUT2D eigenvalue weighted by Crippen LogP contribution is -2.59. The Hall–Kier alpha value is -2.58. The van der Waals surface area contributed by atoms with E-state index < -0.39 is 33.4 Å². The number of aliphatic hydroxyl groups excluding tert-OH is 1. The molecule has 7 atom stereocenters. The molecule has 3 aliphatic heterocycles. The van der Waals surface area contributed by atoms with E-state index in [-0.39, 0.29) is 30.2 Å². The molecule has 0 aromatic heterocycles. The van der Waals surface area contributed by atoms with E-state index in [4.69, 9.17) is 0 Å². The highest BCUT2D eigenvalue weighted by molar-refractivity contribution is 8.02. The van der Waals surface area contributed by atoms with Gasteiger partial charge in [-0.3, -0.25) is 14.4 Å². The molecule has 1 aromatic carbocycles. The Morgan fingerprint density at radius 2 is 1.86 bits per heavy atom. The van der Waals surface area contributed by atoms with E-state index in [1.165, 1.54) is 0 Å². The Labute approximate surface area is 256 Å². The highest BCUT2D eigenvalue weighted by atomic mass is 32.2. The molecule has 3 amide bonds. The summed E-state index contributed by atoms with van der Waals surface area (Å²) in [6.45, 7) is 21.1. The minimum Gasteiger partial charge on any atom is -0.394 e. The number of amides is 3. The predicted molar refractivity (Wildman–Crippen MR) is 171 cm³/mol. The Kier molecular flexibility index (Phi) is 9.68. The third-order valence-electron chi connectivity index (χ3n) is 9.95. The molecule has 230 valence electrons. The summed E-state index contributed by atoms with van der Waals surface area (Å²) in [6.07, 6.45) is 6.44. The Balaban J connectivity index is 1.89. The molecule has 3 saturated heterocycles.